The van der Waals surface area contributed by atoms with Gasteiger partial charge < -0.3 is 5.32 Å². The van der Waals surface area contributed by atoms with Gasteiger partial charge >= 0.3 is 0 Å². The minimum atomic E-state index is -4.14. The number of nitrogens with zero attached hydrogens (tertiary/aromatic N) is 1. The summed E-state index contributed by atoms with van der Waals surface area (Å²) < 4.78 is 57.3. The lowest BCUT2D eigenvalue weighted by atomic mass is 10.1. The number of nitrogens with one attached hydrogen (secondary N) is 2. The number of hydrogen-bond acceptors (Lipinski definition) is 5. The summed E-state index contributed by atoms with van der Waals surface area (Å²) in [5.41, 5.74) is 2.51. The summed E-state index contributed by atoms with van der Waals surface area (Å²) in [7, 11) is -8.07. The van der Waals surface area contributed by atoms with Gasteiger partial charge in [-0.3, -0.25) is 13.8 Å². The summed E-state index contributed by atoms with van der Waals surface area (Å²) in [6.07, 6.45) is 0. The van der Waals surface area contributed by atoms with Crippen LogP contribution < -0.4 is 14.3 Å². The van der Waals surface area contributed by atoms with Crippen molar-refractivity contribution >= 4 is 65.4 Å². The molecule has 5 aromatic rings. The van der Waals surface area contributed by atoms with E-state index in [1.54, 1.807) is 43.3 Å². The summed E-state index contributed by atoms with van der Waals surface area (Å²) in [5.74, 6) is -0.625. The molecule has 0 radical (unpaired) electrons. The topological polar surface area (TPSA) is 113 Å². The van der Waals surface area contributed by atoms with Gasteiger partial charge in [0.25, 0.3) is 20.0 Å². The Balaban J connectivity index is 1.37. The molecule has 0 aliphatic carbocycles. The molecule has 5 rings (SSSR count). The number of hydrogen-bond donors (Lipinski definition) is 2. The van der Waals surface area contributed by atoms with Crippen LogP contribution in [0.1, 0.15) is 11.1 Å². The van der Waals surface area contributed by atoms with Crippen LogP contribution in [0.3, 0.4) is 0 Å². The average molecular weight is 634 g/mol. The van der Waals surface area contributed by atoms with Crippen LogP contribution in [0.5, 0.6) is 0 Å². The molecule has 0 aliphatic rings. The van der Waals surface area contributed by atoms with E-state index in [1.165, 1.54) is 42.5 Å². The van der Waals surface area contributed by atoms with Crippen molar-refractivity contribution in [1.29, 1.82) is 0 Å². The maximum absolute atomic E-state index is 13.7. The van der Waals surface area contributed by atoms with Crippen LogP contribution in [0.15, 0.2) is 119 Å². The second-order valence-corrected chi connectivity index (χ2v) is 13.9. The molecular weight excluding hydrogens is 606 g/mol. The van der Waals surface area contributed by atoms with Crippen molar-refractivity contribution in [1.82, 2.24) is 0 Å². The number of aryl methyl sites for hydroxylation is 2. The highest BCUT2D eigenvalue weighted by Crippen LogP contribution is 2.30. The third-order valence-corrected chi connectivity index (χ3v) is 10.2. The van der Waals surface area contributed by atoms with Gasteiger partial charge in [0.1, 0.15) is 6.54 Å². The van der Waals surface area contributed by atoms with E-state index in [1.807, 2.05) is 37.3 Å². The van der Waals surface area contributed by atoms with Crippen LogP contribution in [0.4, 0.5) is 17.1 Å². The molecule has 0 spiro atoms. The Hall–Kier alpha value is -4.38. The SMILES string of the molecule is Cc1ccc(S(=O)(=O)N(CC(=O)Nc2ccc(S(=O)(=O)Nc3cccc4ccccc34)cc2)c2cc(Cl)ccc2C)cc1. The number of carbonyl (C=O) groups is 1. The van der Waals surface area contributed by atoms with Gasteiger partial charge in [0.2, 0.25) is 5.91 Å². The molecule has 0 aliphatic heterocycles. The lowest BCUT2D eigenvalue weighted by molar-refractivity contribution is -0.114. The first-order chi connectivity index (χ1) is 20.4. The molecule has 0 saturated heterocycles. The molecule has 43 heavy (non-hydrogen) atoms. The highest BCUT2D eigenvalue weighted by atomic mass is 35.5. The number of halogens is 1. The number of anilines is 3. The minimum Gasteiger partial charge on any atom is -0.325 e. The van der Waals surface area contributed by atoms with Gasteiger partial charge in [0, 0.05) is 16.1 Å². The lowest BCUT2D eigenvalue weighted by Crippen LogP contribution is -2.38. The highest BCUT2D eigenvalue weighted by molar-refractivity contribution is 7.93. The van der Waals surface area contributed by atoms with E-state index in [0.29, 0.717) is 22.0 Å². The van der Waals surface area contributed by atoms with E-state index >= 15 is 0 Å². The van der Waals surface area contributed by atoms with Gasteiger partial charge in [-0.15, -0.1) is 0 Å². The first-order valence-corrected chi connectivity index (χ1v) is 16.5. The van der Waals surface area contributed by atoms with Crippen molar-refractivity contribution in [2.45, 2.75) is 23.6 Å². The van der Waals surface area contributed by atoms with Gasteiger partial charge in [-0.1, -0.05) is 71.8 Å². The monoisotopic (exact) mass is 633 g/mol. The lowest BCUT2D eigenvalue weighted by Gasteiger charge is -2.26. The molecule has 11 heteroatoms. The molecule has 220 valence electrons. The number of benzene rings is 5. The maximum atomic E-state index is 13.7. The van der Waals surface area contributed by atoms with Gasteiger partial charge in [-0.2, -0.15) is 0 Å². The summed E-state index contributed by atoms with van der Waals surface area (Å²) in [6, 6.07) is 29.6. The molecule has 0 saturated carbocycles. The van der Waals surface area contributed by atoms with Crippen LogP contribution >= 0.6 is 11.6 Å². The first kappa shape index (κ1) is 30.1. The predicted molar refractivity (Wildman–Crippen MR) is 172 cm³/mol. The van der Waals surface area contributed by atoms with Crippen LogP contribution in [-0.4, -0.2) is 29.3 Å². The molecule has 5 aromatic carbocycles. The zero-order valence-corrected chi connectivity index (χ0v) is 25.7. The standard InChI is InChI=1S/C32H28ClN3O5S2/c1-22-10-16-28(17-11-22)43(40,41)36(31-20-25(33)13-12-23(31)2)21-32(37)34-26-14-18-27(19-15-26)42(38,39)35-30-9-5-7-24-6-3-4-8-29(24)30/h3-20,35H,21H2,1-2H3,(H,34,37). The third-order valence-electron chi connectivity index (χ3n) is 6.82. The van der Waals surface area contributed by atoms with E-state index in [2.05, 4.69) is 10.0 Å². The van der Waals surface area contributed by atoms with E-state index in [0.717, 1.165) is 20.6 Å². The minimum absolute atomic E-state index is 0.00318. The Morgan fingerprint density at radius 2 is 1.42 bits per heavy atom. The van der Waals surface area contributed by atoms with Crippen LogP contribution in [-0.2, 0) is 24.8 Å². The fourth-order valence-electron chi connectivity index (χ4n) is 4.55. The Kier molecular flexibility index (Phi) is 8.45. The molecule has 0 aromatic heterocycles. The smallest absolute Gasteiger partial charge is 0.264 e. The van der Waals surface area contributed by atoms with Crippen molar-refractivity contribution in [2.75, 3.05) is 20.9 Å². The number of fused-ring (bicyclic) bond motifs is 1. The average Bonchev–Trinajstić information content (AvgIpc) is 2.98. The second-order valence-electron chi connectivity index (χ2n) is 9.96. The molecular formula is C32H28ClN3O5S2. The molecule has 8 nitrogen and oxygen atoms in total. The fraction of sp³-hybridized carbons (Fsp3) is 0.0938. The molecule has 0 bridgehead atoms. The van der Waals surface area contributed by atoms with E-state index in [9.17, 15) is 21.6 Å². The van der Waals surface area contributed by atoms with Crippen molar-refractivity contribution in [3.05, 3.63) is 125 Å². The van der Waals surface area contributed by atoms with Gasteiger partial charge in [-0.25, -0.2) is 16.8 Å². The van der Waals surface area contributed by atoms with E-state index in [-0.39, 0.29) is 15.5 Å². The van der Waals surface area contributed by atoms with Crippen molar-refractivity contribution in [2.24, 2.45) is 0 Å². The van der Waals surface area contributed by atoms with E-state index in [4.69, 9.17) is 11.6 Å². The number of sulfonamides is 2. The summed E-state index contributed by atoms with van der Waals surface area (Å²) in [5, 5.41) is 4.64. The van der Waals surface area contributed by atoms with Gasteiger partial charge in [0.05, 0.1) is 21.2 Å². The van der Waals surface area contributed by atoms with Crippen LogP contribution in [0.2, 0.25) is 5.02 Å². The number of carbonyl (C=O) groups excluding carboxylic acids is 1. The highest BCUT2D eigenvalue weighted by Gasteiger charge is 2.28. The largest absolute Gasteiger partial charge is 0.325 e. The third kappa shape index (κ3) is 6.67. The number of amides is 1. The van der Waals surface area contributed by atoms with Crippen molar-refractivity contribution in [3.8, 4) is 0 Å². The fourth-order valence-corrected chi connectivity index (χ4v) is 7.28. The Morgan fingerprint density at radius 1 is 0.767 bits per heavy atom. The molecule has 2 N–H and O–H groups in total. The van der Waals surface area contributed by atoms with Crippen molar-refractivity contribution in [3.63, 3.8) is 0 Å². The predicted octanol–water partition coefficient (Wildman–Crippen LogP) is 6.74. The quantitative estimate of drug-likeness (QED) is 0.187. The van der Waals surface area contributed by atoms with E-state index < -0.39 is 32.5 Å². The first-order valence-electron chi connectivity index (χ1n) is 13.2. The molecule has 0 fully saturated rings. The second kappa shape index (κ2) is 12.1. The molecule has 0 heterocycles. The molecule has 1 amide bonds. The normalized spacial score (nSPS) is 11.7. The zero-order valence-electron chi connectivity index (χ0n) is 23.3. The molecule has 0 atom stereocenters. The van der Waals surface area contributed by atoms with Crippen molar-refractivity contribution < 1.29 is 21.6 Å². The summed E-state index contributed by atoms with van der Waals surface area (Å²) in [4.78, 5) is 13.2. The summed E-state index contributed by atoms with van der Waals surface area (Å²) >= 11 is 6.20. The molecule has 0 unspecified atom stereocenters. The number of rotatable bonds is 9. The van der Waals surface area contributed by atoms with Crippen LogP contribution in [0, 0.1) is 13.8 Å². The summed E-state index contributed by atoms with van der Waals surface area (Å²) in [6.45, 7) is 3.03. The zero-order chi connectivity index (χ0) is 30.8. The van der Waals surface area contributed by atoms with Gasteiger partial charge in [-0.05, 0) is 79.4 Å². The van der Waals surface area contributed by atoms with Crippen LogP contribution in [0.25, 0.3) is 10.8 Å². The Labute approximate surface area is 256 Å². The van der Waals surface area contributed by atoms with Gasteiger partial charge in [0.15, 0.2) is 0 Å². The Bertz CT molecular complexity index is 2030. The Morgan fingerprint density at radius 3 is 2.14 bits per heavy atom. The maximum Gasteiger partial charge on any atom is 0.264 e.